The minimum absolute atomic E-state index is 0.125. The topological polar surface area (TPSA) is 63.1 Å². The molecule has 1 saturated heterocycles. The van der Waals surface area contributed by atoms with Crippen LogP contribution in [0.15, 0.2) is 17.8 Å². The molecule has 6 nitrogen and oxygen atoms in total. The van der Waals surface area contributed by atoms with Crippen LogP contribution in [0.5, 0.6) is 0 Å². The number of hydrogen-bond donors (Lipinski definition) is 1. The lowest BCUT2D eigenvalue weighted by atomic mass is 10.0. The third-order valence-corrected chi connectivity index (χ3v) is 4.91. The molecular formula is C15H18F3N5OS. The summed E-state index contributed by atoms with van der Waals surface area (Å²) in [5.41, 5.74) is 1.16. The van der Waals surface area contributed by atoms with Crippen LogP contribution in [0, 0.1) is 0 Å². The normalized spacial score (nSPS) is 17.0. The second kappa shape index (κ2) is 7.12. The molecule has 1 aliphatic heterocycles. The molecule has 1 fully saturated rings. The zero-order chi connectivity index (χ0) is 18.0. The number of rotatable bonds is 4. The van der Waals surface area contributed by atoms with Gasteiger partial charge in [0.15, 0.2) is 0 Å². The van der Waals surface area contributed by atoms with E-state index in [1.807, 2.05) is 6.20 Å². The number of thiazole rings is 1. The molecule has 2 aromatic rings. The summed E-state index contributed by atoms with van der Waals surface area (Å²) in [7, 11) is 1.80. The Hall–Kier alpha value is -1.94. The quantitative estimate of drug-likeness (QED) is 0.893. The molecule has 10 heteroatoms. The minimum Gasteiger partial charge on any atom is -0.348 e. The lowest BCUT2D eigenvalue weighted by Crippen LogP contribution is -2.47. The average Bonchev–Trinajstić information content (AvgIpc) is 3.16. The van der Waals surface area contributed by atoms with Gasteiger partial charge >= 0.3 is 6.18 Å². The van der Waals surface area contributed by atoms with Crippen molar-refractivity contribution in [2.75, 3.05) is 19.6 Å². The highest BCUT2D eigenvalue weighted by atomic mass is 32.1. The fraction of sp³-hybridized carbons (Fsp3) is 0.533. The van der Waals surface area contributed by atoms with E-state index >= 15 is 0 Å². The van der Waals surface area contributed by atoms with E-state index in [0.29, 0.717) is 36.6 Å². The lowest BCUT2D eigenvalue weighted by molar-refractivity contribution is -0.148. The SMILES string of the molecule is Cn1cc(-c2nc(C(=O)NC3CCN(CC(F)(F)F)CC3)cs2)cn1. The lowest BCUT2D eigenvalue weighted by Gasteiger charge is -2.32. The van der Waals surface area contributed by atoms with E-state index in [9.17, 15) is 18.0 Å². The van der Waals surface area contributed by atoms with E-state index in [2.05, 4.69) is 15.4 Å². The third-order valence-electron chi connectivity index (χ3n) is 4.01. The monoisotopic (exact) mass is 373 g/mol. The van der Waals surface area contributed by atoms with Crippen molar-refractivity contribution in [2.24, 2.45) is 7.05 Å². The first-order valence-corrected chi connectivity index (χ1v) is 8.72. The first kappa shape index (κ1) is 17.9. The minimum atomic E-state index is -4.18. The summed E-state index contributed by atoms with van der Waals surface area (Å²) in [6, 6.07) is -0.125. The van der Waals surface area contributed by atoms with E-state index in [-0.39, 0.29) is 11.9 Å². The summed E-state index contributed by atoms with van der Waals surface area (Å²) in [5.74, 6) is -0.291. The number of halogens is 3. The molecule has 0 saturated carbocycles. The van der Waals surface area contributed by atoms with Crippen LogP contribution >= 0.6 is 11.3 Å². The molecule has 3 rings (SSSR count). The number of aryl methyl sites for hydroxylation is 1. The molecule has 1 aliphatic rings. The van der Waals surface area contributed by atoms with Crippen LogP contribution in [-0.4, -0.2) is 57.4 Å². The molecule has 0 aliphatic carbocycles. The van der Waals surface area contributed by atoms with Crippen molar-refractivity contribution in [2.45, 2.75) is 25.1 Å². The highest BCUT2D eigenvalue weighted by Crippen LogP contribution is 2.23. The Morgan fingerprint density at radius 1 is 1.40 bits per heavy atom. The van der Waals surface area contributed by atoms with Crippen molar-refractivity contribution in [3.63, 3.8) is 0 Å². The highest BCUT2D eigenvalue weighted by Gasteiger charge is 2.32. The van der Waals surface area contributed by atoms with Crippen LogP contribution in [0.4, 0.5) is 13.2 Å². The van der Waals surface area contributed by atoms with Gasteiger partial charge in [-0.2, -0.15) is 18.3 Å². The van der Waals surface area contributed by atoms with Gasteiger partial charge in [-0.1, -0.05) is 0 Å². The van der Waals surface area contributed by atoms with Crippen LogP contribution in [0.25, 0.3) is 10.6 Å². The van der Waals surface area contributed by atoms with Gasteiger partial charge in [-0.25, -0.2) is 4.98 Å². The predicted molar refractivity (Wildman–Crippen MR) is 87.3 cm³/mol. The predicted octanol–water partition coefficient (Wildman–Crippen LogP) is 2.30. The third kappa shape index (κ3) is 4.79. The molecule has 136 valence electrons. The average molecular weight is 373 g/mol. The second-order valence-corrected chi connectivity index (χ2v) is 6.94. The molecule has 2 aromatic heterocycles. The van der Waals surface area contributed by atoms with Crippen molar-refractivity contribution in [3.05, 3.63) is 23.5 Å². The summed E-state index contributed by atoms with van der Waals surface area (Å²) in [5, 5.41) is 9.32. The number of nitrogens with zero attached hydrogens (tertiary/aromatic N) is 4. The molecule has 0 atom stereocenters. The molecule has 25 heavy (non-hydrogen) atoms. The highest BCUT2D eigenvalue weighted by molar-refractivity contribution is 7.13. The molecule has 0 bridgehead atoms. The molecule has 0 unspecified atom stereocenters. The number of aromatic nitrogens is 3. The second-order valence-electron chi connectivity index (χ2n) is 6.08. The molecule has 1 N–H and O–H groups in total. The summed E-state index contributed by atoms with van der Waals surface area (Å²) in [4.78, 5) is 18.0. The number of hydrogen-bond acceptors (Lipinski definition) is 5. The number of carbonyl (C=O) groups is 1. The summed E-state index contributed by atoms with van der Waals surface area (Å²) < 4.78 is 38.8. The van der Waals surface area contributed by atoms with Crippen LogP contribution in [0.1, 0.15) is 23.3 Å². The van der Waals surface area contributed by atoms with Crippen molar-refractivity contribution in [3.8, 4) is 10.6 Å². The van der Waals surface area contributed by atoms with Crippen LogP contribution in [0.3, 0.4) is 0 Å². The Kier molecular flexibility index (Phi) is 5.09. The van der Waals surface area contributed by atoms with Gasteiger partial charge in [0.2, 0.25) is 0 Å². The van der Waals surface area contributed by atoms with E-state index in [1.54, 1.807) is 23.3 Å². The summed E-state index contributed by atoms with van der Waals surface area (Å²) in [6.07, 6.45) is 0.315. The molecular weight excluding hydrogens is 355 g/mol. The van der Waals surface area contributed by atoms with Crippen LogP contribution in [0.2, 0.25) is 0 Å². The fourth-order valence-corrected chi connectivity index (χ4v) is 3.57. The molecule has 0 radical (unpaired) electrons. The summed E-state index contributed by atoms with van der Waals surface area (Å²) >= 11 is 1.35. The number of nitrogens with one attached hydrogen (secondary N) is 1. The van der Waals surface area contributed by atoms with Gasteiger partial charge in [0.1, 0.15) is 10.7 Å². The largest absolute Gasteiger partial charge is 0.401 e. The fourth-order valence-electron chi connectivity index (χ4n) is 2.79. The Labute approximate surface area is 146 Å². The van der Waals surface area contributed by atoms with Gasteiger partial charge in [0.25, 0.3) is 5.91 Å². The maximum Gasteiger partial charge on any atom is 0.401 e. The summed E-state index contributed by atoms with van der Waals surface area (Å²) in [6.45, 7) is -0.251. The van der Waals surface area contributed by atoms with E-state index in [0.717, 1.165) is 5.56 Å². The van der Waals surface area contributed by atoms with Gasteiger partial charge in [0, 0.05) is 43.3 Å². The first-order valence-electron chi connectivity index (χ1n) is 7.85. The van der Waals surface area contributed by atoms with Crippen LogP contribution < -0.4 is 5.32 Å². The van der Waals surface area contributed by atoms with Crippen molar-refractivity contribution in [1.29, 1.82) is 0 Å². The van der Waals surface area contributed by atoms with E-state index < -0.39 is 12.7 Å². The van der Waals surface area contributed by atoms with E-state index in [1.165, 1.54) is 16.2 Å². The number of likely N-dealkylation sites (tertiary alicyclic amines) is 1. The molecule has 0 spiro atoms. The number of amides is 1. The maximum atomic E-state index is 12.4. The Bertz CT molecular complexity index is 734. The molecule has 3 heterocycles. The Morgan fingerprint density at radius 3 is 2.72 bits per heavy atom. The van der Waals surface area contributed by atoms with Crippen molar-refractivity contribution >= 4 is 17.2 Å². The number of piperidine rings is 1. The number of carbonyl (C=O) groups excluding carboxylic acids is 1. The van der Waals surface area contributed by atoms with Gasteiger partial charge in [-0.3, -0.25) is 14.4 Å². The Morgan fingerprint density at radius 2 is 2.12 bits per heavy atom. The Balaban J connectivity index is 1.53. The van der Waals surface area contributed by atoms with Gasteiger partial charge in [-0.05, 0) is 12.8 Å². The van der Waals surface area contributed by atoms with Gasteiger partial charge < -0.3 is 5.32 Å². The van der Waals surface area contributed by atoms with Crippen molar-refractivity contribution < 1.29 is 18.0 Å². The zero-order valence-corrected chi connectivity index (χ0v) is 14.4. The molecule has 1 amide bonds. The smallest absolute Gasteiger partial charge is 0.348 e. The maximum absolute atomic E-state index is 12.4. The van der Waals surface area contributed by atoms with Gasteiger partial charge in [-0.15, -0.1) is 11.3 Å². The van der Waals surface area contributed by atoms with E-state index in [4.69, 9.17) is 0 Å². The standard InChI is InChI=1S/C15H18F3N5OS/c1-22-7-10(6-19-22)14-21-12(8-25-14)13(24)20-11-2-4-23(5-3-11)9-15(16,17)18/h6-8,11H,2-5,9H2,1H3,(H,20,24). The van der Waals surface area contributed by atoms with Crippen molar-refractivity contribution in [1.82, 2.24) is 25.0 Å². The molecule has 0 aromatic carbocycles. The van der Waals surface area contributed by atoms with Gasteiger partial charge in [0.05, 0.1) is 12.7 Å². The number of alkyl halides is 3. The van der Waals surface area contributed by atoms with Crippen LogP contribution in [-0.2, 0) is 7.05 Å². The first-order chi connectivity index (χ1) is 11.8. The zero-order valence-electron chi connectivity index (χ0n) is 13.6.